The van der Waals surface area contributed by atoms with Crippen LogP contribution >= 0.6 is 0 Å². The Hall–Kier alpha value is -6.64. The smallest absolute Gasteiger partial charge is 0.137 e. The molecule has 0 saturated heterocycles. The Bertz CT molecular complexity index is 2840. The van der Waals surface area contributed by atoms with Crippen molar-refractivity contribution < 1.29 is 4.42 Å². The molecule has 0 atom stereocenters. The van der Waals surface area contributed by atoms with Gasteiger partial charge in [-0.25, -0.2) is 0 Å². The Balaban J connectivity index is 1.16. The molecule has 2 nitrogen and oxygen atoms in total. The second kappa shape index (κ2) is 11.5. The maximum absolute atomic E-state index is 6.35. The molecule has 9 aromatic carbocycles. The molecule has 0 spiro atoms. The molecule has 0 saturated carbocycles. The molecular formula is C48H31NO. The molecule has 0 aliphatic rings. The van der Waals surface area contributed by atoms with Gasteiger partial charge < -0.3 is 9.32 Å². The summed E-state index contributed by atoms with van der Waals surface area (Å²) in [6.45, 7) is 0. The third kappa shape index (κ3) is 4.57. The van der Waals surface area contributed by atoms with Crippen LogP contribution in [-0.4, -0.2) is 0 Å². The van der Waals surface area contributed by atoms with E-state index in [0.717, 1.165) is 39.0 Å². The molecule has 0 amide bonds. The minimum Gasteiger partial charge on any atom is -0.456 e. The molecule has 0 radical (unpaired) electrons. The van der Waals surface area contributed by atoms with Gasteiger partial charge in [-0.3, -0.25) is 0 Å². The highest BCUT2D eigenvalue weighted by molar-refractivity contribution is 6.24. The van der Waals surface area contributed by atoms with Crippen LogP contribution in [0, 0.1) is 0 Å². The minimum atomic E-state index is 0.876. The van der Waals surface area contributed by atoms with Gasteiger partial charge in [0.05, 0.1) is 11.1 Å². The summed E-state index contributed by atoms with van der Waals surface area (Å²) in [5, 5.41) is 9.84. The number of nitrogens with zero attached hydrogens (tertiary/aromatic N) is 1. The summed E-state index contributed by atoms with van der Waals surface area (Å²) in [5.41, 5.74) is 9.81. The van der Waals surface area contributed by atoms with E-state index in [2.05, 4.69) is 181 Å². The third-order valence-corrected chi connectivity index (χ3v) is 10.0. The average Bonchev–Trinajstić information content (AvgIpc) is 3.58. The standard InChI is InChI=1S/C48H31NO/c1-2-10-32(11-3-1)33-24-28-38(29-25-33)49(43-17-9-19-45-48(43)42-15-6-7-18-44(42)50-45)39-30-26-35(27-31-39)41-16-8-13-36-22-23-37-21-20-34-12-4-5-14-40(34)47(37)46(36)41/h1-31H. The fraction of sp³-hybridized carbons (Fsp3) is 0. The van der Waals surface area contributed by atoms with Crippen LogP contribution < -0.4 is 4.90 Å². The molecule has 0 fully saturated rings. The van der Waals surface area contributed by atoms with E-state index >= 15 is 0 Å². The first-order chi connectivity index (χ1) is 24.8. The van der Waals surface area contributed by atoms with Gasteiger partial charge in [0.25, 0.3) is 0 Å². The molecule has 1 heterocycles. The molecular weight excluding hydrogens is 607 g/mol. The fourth-order valence-corrected chi connectivity index (χ4v) is 7.71. The Labute approximate surface area is 290 Å². The third-order valence-electron chi connectivity index (χ3n) is 10.0. The van der Waals surface area contributed by atoms with E-state index in [4.69, 9.17) is 4.42 Å². The van der Waals surface area contributed by atoms with Crippen LogP contribution in [0.1, 0.15) is 0 Å². The molecule has 10 aromatic rings. The number of fused-ring (bicyclic) bond motifs is 8. The summed E-state index contributed by atoms with van der Waals surface area (Å²) in [4.78, 5) is 2.36. The molecule has 50 heavy (non-hydrogen) atoms. The summed E-state index contributed by atoms with van der Waals surface area (Å²) in [7, 11) is 0. The van der Waals surface area contributed by atoms with Crippen molar-refractivity contribution in [1.29, 1.82) is 0 Å². The van der Waals surface area contributed by atoms with E-state index in [1.165, 1.54) is 54.6 Å². The van der Waals surface area contributed by atoms with Crippen LogP contribution in [0.3, 0.4) is 0 Å². The lowest BCUT2D eigenvalue weighted by Crippen LogP contribution is -2.10. The summed E-state index contributed by atoms with van der Waals surface area (Å²) in [5.74, 6) is 0. The van der Waals surface area contributed by atoms with Crippen molar-refractivity contribution >= 4 is 71.3 Å². The van der Waals surface area contributed by atoms with E-state index in [1.807, 2.05) is 12.1 Å². The van der Waals surface area contributed by atoms with Gasteiger partial charge in [-0.05, 0) is 97.0 Å². The van der Waals surface area contributed by atoms with Crippen LogP contribution in [0.5, 0.6) is 0 Å². The molecule has 0 bridgehead atoms. The van der Waals surface area contributed by atoms with Crippen molar-refractivity contribution in [3.63, 3.8) is 0 Å². The number of para-hydroxylation sites is 1. The molecule has 0 aliphatic heterocycles. The van der Waals surface area contributed by atoms with Gasteiger partial charge in [0.2, 0.25) is 0 Å². The summed E-state index contributed by atoms with van der Waals surface area (Å²) >= 11 is 0. The second-order valence-electron chi connectivity index (χ2n) is 12.9. The lowest BCUT2D eigenvalue weighted by molar-refractivity contribution is 0.669. The van der Waals surface area contributed by atoms with Crippen LogP contribution in [0.4, 0.5) is 17.1 Å². The van der Waals surface area contributed by atoms with Gasteiger partial charge in [-0.15, -0.1) is 0 Å². The maximum atomic E-state index is 6.35. The highest BCUT2D eigenvalue weighted by Crippen LogP contribution is 2.44. The van der Waals surface area contributed by atoms with E-state index in [9.17, 15) is 0 Å². The Kier molecular flexibility index (Phi) is 6.53. The quantitative estimate of drug-likeness (QED) is 0.175. The topological polar surface area (TPSA) is 16.4 Å². The first-order valence-corrected chi connectivity index (χ1v) is 17.1. The molecule has 0 N–H and O–H groups in total. The first kappa shape index (κ1) is 28.4. The van der Waals surface area contributed by atoms with Gasteiger partial charge in [0, 0.05) is 16.8 Å². The number of anilines is 3. The minimum absolute atomic E-state index is 0.876. The van der Waals surface area contributed by atoms with E-state index in [1.54, 1.807) is 0 Å². The lowest BCUT2D eigenvalue weighted by Gasteiger charge is -2.27. The average molecular weight is 638 g/mol. The molecule has 234 valence electrons. The Morgan fingerprint density at radius 3 is 1.66 bits per heavy atom. The highest BCUT2D eigenvalue weighted by Gasteiger charge is 2.20. The Morgan fingerprint density at radius 2 is 0.880 bits per heavy atom. The summed E-state index contributed by atoms with van der Waals surface area (Å²) in [6, 6.07) is 67.5. The maximum Gasteiger partial charge on any atom is 0.137 e. The van der Waals surface area contributed by atoms with Gasteiger partial charge in [0.1, 0.15) is 11.2 Å². The van der Waals surface area contributed by atoms with Crippen molar-refractivity contribution in [1.82, 2.24) is 0 Å². The Morgan fingerprint density at radius 1 is 0.320 bits per heavy atom. The molecule has 2 heteroatoms. The van der Waals surface area contributed by atoms with Gasteiger partial charge in [0.15, 0.2) is 0 Å². The van der Waals surface area contributed by atoms with Crippen molar-refractivity contribution in [3.05, 3.63) is 188 Å². The number of hydrogen-bond acceptors (Lipinski definition) is 2. The molecule has 10 rings (SSSR count). The normalized spacial score (nSPS) is 11.6. The lowest BCUT2D eigenvalue weighted by atomic mass is 9.91. The van der Waals surface area contributed by atoms with Crippen LogP contribution in [-0.2, 0) is 0 Å². The van der Waals surface area contributed by atoms with E-state index in [0.29, 0.717) is 0 Å². The SMILES string of the molecule is c1ccc(-c2ccc(N(c3ccc(-c4cccc5ccc6ccc7ccccc7c6c45)cc3)c3cccc4oc5ccccc5c34)cc2)cc1. The predicted octanol–water partition coefficient (Wildman–Crippen LogP) is 13.8. The van der Waals surface area contributed by atoms with E-state index in [-0.39, 0.29) is 0 Å². The van der Waals surface area contributed by atoms with E-state index < -0.39 is 0 Å². The molecule has 0 aliphatic carbocycles. The van der Waals surface area contributed by atoms with Gasteiger partial charge >= 0.3 is 0 Å². The zero-order chi connectivity index (χ0) is 33.0. The largest absolute Gasteiger partial charge is 0.456 e. The van der Waals surface area contributed by atoms with Crippen LogP contribution in [0.25, 0.3) is 76.5 Å². The number of benzene rings is 9. The zero-order valence-corrected chi connectivity index (χ0v) is 27.3. The zero-order valence-electron chi connectivity index (χ0n) is 27.3. The fourth-order valence-electron chi connectivity index (χ4n) is 7.71. The monoisotopic (exact) mass is 637 g/mol. The van der Waals surface area contributed by atoms with Gasteiger partial charge in [-0.2, -0.15) is 0 Å². The molecule has 1 aromatic heterocycles. The summed E-state index contributed by atoms with van der Waals surface area (Å²) < 4.78 is 6.35. The van der Waals surface area contributed by atoms with Gasteiger partial charge in [-0.1, -0.05) is 146 Å². The second-order valence-corrected chi connectivity index (χ2v) is 12.9. The van der Waals surface area contributed by atoms with Crippen LogP contribution in [0.2, 0.25) is 0 Å². The van der Waals surface area contributed by atoms with Crippen LogP contribution in [0.15, 0.2) is 192 Å². The molecule has 0 unspecified atom stereocenters. The van der Waals surface area contributed by atoms with Crippen molar-refractivity contribution in [2.75, 3.05) is 4.90 Å². The number of rotatable bonds is 5. The number of hydrogen-bond donors (Lipinski definition) is 0. The highest BCUT2D eigenvalue weighted by atomic mass is 16.3. The number of furan rings is 1. The van der Waals surface area contributed by atoms with Crippen molar-refractivity contribution in [3.8, 4) is 22.3 Å². The predicted molar refractivity (Wildman–Crippen MR) is 212 cm³/mol. The van der Waals surface area contributed by atoms with Crippen molar-refractivity contribution in [2.45, 2.75) is 0 Å². The summed E-state index contributed by atoms with van der Waals surface area (Å²) in [6.07, 6.45) is 0. The first-order valence-electron chi connectivity index (χ1n) is 17.1. The van der Waals surface area contributed by atoms with Crippen molar-refractivity contribution in [2.24, 2.45) is 0 Å².